The van der Waals surface area contributed by atoms with Gasteiger partial charge in [0.05, 0.1) is 17.1 Å². The minimum absolute atomic E-state index is 0.245. The van der Waals surface area contributed by atoms with Gasteiger partial charge in [0.2, 0.25) is 0 Å². The molecule has 0 radical (unpaired) electrons. The summed E-state index contributed by atoms with van der Waals surface area (Å²) in [6, 6.07) is 35.8. The summed E-state index contributed by atoms with van der Waals surface area (Å²) < 4.78 is 0. The quantitative estimate of drug-likeness (QED) is 0.227. The zero-order valence-electron chi connectivity index (χ0n) is 22.3. The second kappa shape index (κ2) is 15.5. The number of aryl methyl sites for hydroxylation is 1. The zero-order valence-corrected chi connectivity index (χ0v) is 22.3. The van der Waals surface area contributed by atoms with Gasteiger partial charge in [0, 0.05) is 11.7 Å². The van der Waals surface area contributed by atoms with Gasteiger partial charge in [0.25, 0.3) is 0 Å². The van der Waals surface area contributed by atoms with Crippen LogP contribution in [0.25, 0.3) is 5.70 Å². The lowest BCUT2D eigenvalue weighted by molar-refractivity contribution is 0.874. The summed E-state index contributed by atoms with van der Waals surface area (Å²) in [5.41, 5.74) is 13.3. The highest BCUT2D eigenvalue weighted by Crippen LogP contribution is 2.28. The van der Waals surface area contributed by atoms with E-state index in [4.69, 9.17) is 11.1 Å². The molecule has 4 rings (SSSR count). The van der Waals surface area contributed by atoms with Crippen molar-refractivity contribution < 1.29 is 0 Å². The van der Waals surface area contributed by atoms with E-state index in [9.17, 15) is 0 Å². The number of nitrogens with zero attached hydrogens (tertiary/aromatic N) is 1. The van der Waals surface area contributed by atoms with Gasteiger partial charge >= 0.3 is 0 Å². The SMILES string of the molecule is C=Nc1ccccc1NC(C)c1ccccc1C.CC.N=C(/C=C(\N)c1ccccc1)c1ccccc1. The first-order valence-electron chi connectivity index (χ1n) is 12.5. The van der Waals surface area contributed by atoms with Gasteiger partial charge < -0.3 is 16.5 Å². The molecular weight excluding hydrogens is 452 g/mol. The molecule has 0 amide bonds. The number of benzene rings is 4. The maximum Gasteiger partial charge on any atom is 0.0853 e. The van der Waals surface area contributed by atoms with Crippen LogP contribution >= 0.6 is 0 Å². The van der Waals surface area contributed by atoms with Crippen LogP contribution in [-0.4, -0.2) is 12.4 Å². The van der Waals surface area contributed by atoms with Gasteiger partial charge in [-0.15, -0.1) is 0 Å². The van der Waals surface area contributed by atoms with Crippen molar-refractivity contribution in [3.05, 3.63) is 138 Å². The number of hydrogen-bond donors (Lipinski definition) is 3. The van der Waals surface area contributed by atoms with Gasteiger partial charge in [-0.3, -0.25) is 4.99 Å². The lowest BCUT2D eigenvalue weighted by Gasteiger charge is -2.18. The number of aliphatic imine (C=N–C) groups is 1. The highest BCUT2D eigenvalue weighted by molar-refractivity contribution is 6.09. The topological polar surface area (TPSA) is 74.3 Å². The molecule has 0 saturated carbocycles. The summed E-state index contributed by atoms with van der Waals surface area (Å²) in [7, 11) is 0. The summed E-state index contributed by atoms with van der Waals surface area (Å²) in [6.07, 6.45) is 1.69. The second-order valence-electron chi connectivity index (χ2n) is 8.14. The van der Waals surface area contributed by atoms with E-state index < -0.39 is 0 Å². The number of para-hydroxylation sites is 2. The van der Waals surface area contributed by atoms with Crippen molar-refractivity contribution in [3.63, 3.8) is 0 Å². The van der Waals surface area contributed by atoms with Crippen LogP contribution in [0.2, 0.25) is 0 Å². The monoisotopic (exact) mass is 490 g/mol. The Morgan fingerprint density at radius 3 is 1.92 bits per heavy atom. The minimum atomic E-state index is 0.245. The molecule has 4 aromatic carbocycles. The van der Waals surface area contributed by atoms with Gasteiger partial charge in [-0.25, -0.2) is 0 Å². The lowest BCUT2D eigenvalue weighted by atomic mass is 10.0. The summed E-state index contributed by atoms with van der Waals surface area (Å²) in [4.78, 5) is 4.03. The van der Waals surface area contributed by atoms with Crippen molar-refractivity contribution in [1.82, 2.24) is 0 Å². The Balaban J connectivity index is 0.000000244. The van der Waals surface area contributed by atoms with Crippen molar-refractivity contribution in [2.45, 2.75) is 33.7 Å². The Bertz CT molecular complexity index is 1280. The van der Waals surface area contributed by atoms with Crippen LogP contribution < -0.4 is 11.1 Å². The molecule has 37 heavy (non-hydrogen) atoms. The predicted molar refractivity (Wildman–Crippen MR) is 162 cm³/mol. The predicted octanol–water partition coefficient (Wildman–Crippen LogP) is 8.58. The number of hydrogen-bond acceptors (Lipinski definition) is 4. The van der Waals surface area contributed by atoms with E-state index in [1.54, 1.807) is 6.08 Å². The average Bonchev–Trinajstić information content (AvgIpc) is 2.96. The van der Waals surface area contributed by atoms with Gasteiger partial charge in [-0.1, -0.05) is 111 Å². The number of rotatable bonds is 7. The van der Waals surface area contributed by atoms with Crippen molar-refractivity contribution in [3.8, 4) is 0 Å². The van der Waals surface area contributed by atoms with E-state index in [0.717, 1.165) is 22.5 Å². The van der Waals surface area contributed by atoms with E-state index in [0.29, 0.717) is 11.4 Å². The molecular formula is C33H38N4. The molecule has 4 aromatic rings. The first kappa shape index (κ1) is 28.8. The third kappa shape index (κ3) is 8.93. The van der Waals surface area contributed by atoms with E-state index >= 15 is 0 Å². The molecule has 0 aliphatic carbocycles. The fourth-order valence-corrected chi connectivity index (χ4v) is 3.69. The van der Waals surface area contributed by atoms with Crippen molar-refractivity contribution in [1.29, 1.82) is 5.41 Å². The van der Waals surface area contributed by atoms with Crippen LogP contribution in [0.3, 0.4) is 0 Å². The fourth-order valence-electron chi connectivity index (χ4n) is 3.69. The maximum atomic E-state index is 7.95. The number of nitrogens with one attached hydrogen (secondary N) is 2. The Kier molecular flexibility index (Phi) is 12.1. The highest BCUT2D eigenvalue weighted by atomic mass is 14.9. The smallest absolute Gasteiger partial charge is 0.0853 e. The van der Waals surface area contributed by atoms with Gasteiger partial charge in [0.15, 0.2) is 0 Å². The van der Waals surface area contributed by atoms with Crippen LogP contribution in [0, 0.1) is 12.3 Å². The molecule has 4 N–H and O–H groups in total. The molecule has 0 aliphatic heterocycles. The normalized spacial score (nSPS) is 11.1. The molecule has 0 fully saturated rings. The third-order valence-electron chi connectivity index (χ3n) is 5.59. The highest BCUT2D eigenvalue weighted by Gasteiger charge is 2.09. The molecule has 0 heterocycles. The summed E-state index contributed by atoms with van der Waals surface area (Å²) in [5.74, 6) is 0. The van der Waals surface area contributed by atoms with E-state index in [-0.39, 0.29) is 6.04 Å². The Labute approximate surface area is 222 Å². The van der Waals surface area contributed by atoms with Crippen LogP contribution in [0.4, 0.5) is 11.4 Å². The largest absolute Gasteiger partial charge is 0.398 e. The van der Waals surface area contributed by atoms with Crippen LogP contribution in [-0.2, 0) is 0 Å². The number of anilines is 1. The number of allylic oxidation sites excluding steroid dienone is 1. The summed E-state index contributed by atoms with van der Waals surface area (Å²) in [6.45, 7) is 11.9. The van der Waals surface area contributed by atoms with Gasteiger partial charge in [-0.2, -0.15) is 0 Å². The molecule has 0 aromatic heterocycles. The van der Waals surface area contributed by atoms with E-state index in [1.807, 2.05) is 98.8 Å². The zero-order chi connectivity index (χ0) is 27.0. The molecule has 0 spiro atoms. The van der Waals surface area contributed by atoms with Gasteiger partial charge in [-0.05, 0) is 61.0 Å². The second-order valence-corrected chi connectivity index (χ2v) is 8.14. The molecule has 0 saturated heterocycles. The maximum absolute atomic E-state index is 7.95. The van der Waals surface area contributed by atoms with E-state index in [2.05, 4.69) is 55.1 Å². The Hall–Kier alpha value is -4.44. The van der Waals surface area contributed by atoms with E-state index in [1.165, 1.54) is 11.1 Å². The molecule has 4 heteroatoms. The standard InChI is InChI=1S/C16H18N2.C15H14N2.C2H6/c1-12-8-4-5-9-14(12)13(2)18-16-11-7-6-10-15(16)17-3;16-14(12-7-3-1-4-8-12)11-15(17)13-9-5-2-6-10-13;1-2/h4-11,13,18H,3H2,1-2H3;1-11,16H,17H2;1-2H3/b;15-11-,16-14?;. The molecule has 1 unspecified atom stereocenters. The third-order valence-corrected chi connectivity index (χ3v) is 5.59. The molecule has 1 atom stereocenters. The summed E-state index contributed by atoms with van der Waals surface area (Å²) >= 11 is 0. The van der Waals surface area contributed by atoms with Crippen LogP contribution in [0.5, 0.6) is 0 Å². The van der Waals surface area contributed by atoms with Gasteiger partial charge in [0.1, 0.15) is 0 Å². The van der Waals surface area contributed by atoms with Crippen molar-refractivity contribution in [2.75, 3.05) is 5.32 Å². The first-order valence-corrected chi connectivity index (χ1v) is 12.5. The molecule has 0 aliphatic rings. The van der Waals surface area contributed by atoms with Crippen molar-refractivity contribution >= 4 is 29.5 Å². The summed E-state index contributed by atoms with van der Waals surface area (Å²) in [5, 5.41) is 11.4. The molecule has 0 bridgehead atoms. The first-order chi connectivity index (χ1) is 18.0. The Morgan fingerprint density at radius 1 is 0.811 bits per heavy atom. The fraction of sp³-hybridized carbons (Fsp3) is 0.152. The average molecular weight is 491 g/mol. The molecule has 190 valence electrons. The molecule has 4 nitrogen and oxygen atoms in total. The van der Waals surface area contributed by atoms with Crippen LogP contribution in [0.15, 0.2) is 120 Å². The van der Waals surface area contributed by atoms with Crippen molar-refractivity contribution in [2.24, 2.45) is 10.7 Å². The number of nitrogens with two attached hydrogens (primary N) is 1. The van der Waals surface area contributed by atoms with Crippen LogP contribution in [0.1, 0.15) is 49.1 Å². The minimum Gasteiger partial charge on any atom is -0.398 e. The lowest BCUT2D eigenvalue weighted by Crippen LogP contribution is -2.08. The Morgan fingerprint density at radius 2 is 1.32 bits per heavy atom.